The van der Waals surface area contributed by atoms with E-state index in [-0.39, 0.29) is 12.0 Å². The fraction of sp³-hybridized carbons (Fsp3) is 0.611. The van der Waals surface area contributed by atoms with Gasteiger partial charge in [0.25, 0.3) is 0 Å². The van der Waals surface area contributed by atoms with Crippen molar-refractivity contribution in [3.8, 4) is 0 Å². The maximum Gasteiger partial charge on any atom is 0.307 e. The average molecular weight is 607 g/mol. The van der Waals surface area contributed by atoms with Crippen LogP contribution in [0, 0.1) is 6.92 Å². The first-order valence-electron chi connectivity index (χ1n) is 16.9. The predicted molar refractivity (Wildman–Crippen MR) is 183 cm³/mol. The third kappa shape index (κ3) is 10.8. The number of fused-ring (bicyclic) bond motifs is 2. The van der Waals surface area contributed by atoms with E-state index in [0.29, 0.717) is 13.2 Å². The van der Waals surface area contributed by atoms with Gasteiger partial charge in [0, 0.05) is 37.0 Å². The summed E-state index contributed by atoms with van der Waals surface area (Å²) in [6, 6.07) is 10.8. The number of para-hydroxylation sites is 2. The molecule has 236 valence electrons. The van der Waals surface area contributed by atoms with Crippen molar-refractivity contribution in [2.75, 3.05) is 31.7 Å². The van der Waals surface area contributed by atoms with Gasteiger partial charge < -0.3 is 15.0 Å². The number of piperazine rings is 1. The zero-order valence-electron chi connectivity index (χ0n) is 26.9. The molecule has 0 radical (unpaired) electrons. The van der Waals surface area contributed by atoms with E-state index in [1.807, 2.05) is 12.1 Å². The number of hydrogen-bond acceptors (Lipinski definition) is 7. The summed E-state index contributed by atoms with van der Waals surface area (Å²) in [5.41, 5.74) is 3.19. The number of hydrogen-bond donors (Lipinski definition) is 1. The molecule has 0 amide bonds. The SMILES string of the molecule is CCCCCCCC/C=C\CCCCCCCC(=O)OCN1CCN(C2=Nc3ccccc3Nc3sc(C)cc32)CC1C. The zero-order chi connectivity index (χ0) is 30.3. The standard InChI is InChI=1S/C36H54N4O2S/c1-4-5-6-7-8-9-10-11-12-13-14-15-16-17-18-23-34(41)42-28-40-25-24-39(27-29(40)2)35-31-26-30(3)43-36(31)38-33-22-20-19-21-32(33)37-35/h11-12,19-22,26,29,38H,4-10,13-18,23-25,27-28H2,1-3H3/b12-11-. The van der Waals surface area contributed by atoms with Crippen LogP contribution in [0.4, 0.5) is 16.4 Å². The number of benzene rings is 1. The lowest BCUT2D eigenvalue weighted by Crippen LogP contribution is -2.54. The second kappa shape index (κ2) is 18.2. The number of ether oxygens (including phenoxy) is 1. The average Bonchev–Trinajstić information content (AvgIpc) is 3.29. The summed E-state index contributed by atoms with van der Waals surface area (Å²) in [5, 5.41) is 4.75. The van der Waals surface area contributed by atoms with Crippen LogP contribution in [0.3, 0.4) is 0 Å². The summed E-state index contributed by atoms with van der Waals surface area (Å²) in [6.45, 7) is 9.55. The maximum atomic E-state index is 12.4. The first-order valence-corrected chi connectivity index (χ1v) is 17.7. The summed E-state index contributed by atoms with van der Waals surface area (Å²) >= 11 is 1.78. The fourth-order valence-electron chi connectivity index (χ4n) is 5.93. The van der Waals surface area contributed by atoms with Crippen molar-refractivity contribution >= 4 is 39.5 Å². The Labute approximate surface area is 264 Å². The van der Waals surface area contributed by atoms with Gasteiger partial charge in [-0.3, -0.25) is 9.69 Å². The molecule has 3 heterocycles. The van der Waals surface area contributed by atoms with Gasteiger partial charge in [0.1, 0.15) is 17.6 Å². The normalized spacial score (nSPS) is 16.9. The Morgan fingerprint density at radius 1 is 1.00 bits per heavy atom. The molecule has 0 bridgehead atoms. The summed E-state index contributed by atoms with van der Waals surface area (Å²) in [4.78, 5) is 23.5. The van der Waals surface area contributed by atoms with Crippen molar-refractivity contribution in [1.29, 1.82) is 0 Å². The number of amidine groups is 1. The molecule has 1 aromatic carbocycles. The molecular weight excluding hydrogens is 552 g/mol. The highest BCUT2D eigenvalue weighted by Crippen LogP contribution is 2.39. The van der Waals surface area contributed by atoms with E-state index in [9.17, 15) is 4.79 Å². The number of nitrogens with zero attached hydrogens (tertiary/aromatic N) is 3. The Bertz CT molecular complexity index is 1190. The smallest absolute Gasteiger partial charge is 0.307 e. The Balaban J connectivity index is 1.08. The molecule has 6 nitrogen and oxygen atoms in total. The number of thiophene rings is 1. The minimum Gasteiger partial charge on any atom is -0.449 e. The van der Waals surface area contributed by atoms with E-state index in [0.717, 1.165) is 54.7 Å². The molecule has 0 saturated carbocycles. The number of allylic oxidation sites excluding steroid dienone is 2. The molecular formula is C36H54N4O2S. The van der Waals surface area contributed by atoms with Crippen molar-refractivity contribution in [3.63, 3.8) is 0 Å². The van der Waals surface area contributed by atoms with E-state index in [1.165, 1.54) is 81.1 Å². The van der Waals surface area contributed by atoms with Crippen LogP contribution in [0.25, 0.3) is 0 Å². The number of aliphatic imine (C=N–C) groups is 1. The van der Waals surface area contributed by atoms with Crippen LogP contribution >= 0.6 is 11.3 Å². The minimum atomic E-state index is -0.0681. The lowest BCUT2D eigenvalue weighted by atomic mass is 10.1. The van der Waals surface area contributed by atoms with Crippen molar-refractivity contribution in [3.05, 3.63) is 52.9 Å². The van der Waals surface area contributed by atoms with E-state index >= 15 is 0 Å². The van der Waals surface area contributed by atoms with Gasteiger partial charge >= 0.3 is 5.97 Å². The molecule has 2 aliphatic heterocycles. The molecule has 1 unspecified atom stereocenters. The number of unbranched alkanes of at least 4 members (excludes halogenated alkanes) is 11. The first-order chi connectivity index (χ1) is 21.0. The summed E-state index contributed by atoms with van der Waals surface area (Å²) in [6.07, 6.45) is 21.6. The molecule has 43 heavy (non-hydrogen) atoms. The molecule has 1 saturated heterocycles. The Morgan fingerprint density at radius 2 is 1.70 bits per heavy atom. The van der Waals surface area contributed by atoms with Crippen LogP contribution in [-0.2, 0) is 9.53 Å². The number of anilines is 2. The van der Waals surface area contributed by atoms with Crippen LogP contribution in [-0.4, -0.2) is 54.0 Å². The highest BCUT2D eigenvalue weighted by Gasteiger charge is 2.30. The summed E-state index contributed by atoms with van der Waals surface area (Å²) in [5.74, 6) is 0.964. The monoisotopic (exact) mass is 606 g/mol. The fourth-order valence-corrected chi connectivity index (χ4v) is 6.85. The number of carbonyl (C=O) groups excluding carboxylic acids is 1. The van der Waals surface area contributed by atoms with E-state index in [4.69, 9.17) is 9.73 Å². The zero-order valence-corrected chi connectivity index (χ0v) is 27.7. The van der Waals surface area contributed by atoms with Gasteiger partial charge in [-0.25, -0.2) is 4.99 Å². The van der Waals surface area contributed by atoms with Gasteiger partial charge in [-0.15, -0.1) is 11.3 Å². The van der Waals surface area contributed by atoms with Gasteiger partial charge in [0.05, 0.1) is 16.9 Å². The molecule has 1 aromatic heterocycles. The molecule has 0 spiro atoms. The van der Waals surface area contributed by atoms with E-state index < -0.39 is 0 Å². The van der Waals surface area contributed by atoms with Crippen LogP contribution < -0.4 is 5.32 Å². The molecule has 1 fully saturated rings. The Kier molecular flexibility index (Phi) is 14.1. The van der Waals surface area contributed by atoms with Gasteiger partial charge in [-0.1, -0.05) is 82.6 Å². The van der Waals surface area contributed by atoms with Crippen molar-refractivity contribution in [2.45, 2.75) is 117 Å². The van der Waals surface area contributed by atoms with Crippen LogP contribution in [0.5, 0.6) is 0 Å². The first kappa shape index (κ1) is 33.3. The molecule has 1 N–H and O–H groups in total. The Hall–Kier alpha value is -2.64. The van der Waals surface area contributed by atoms with Crippen LogP contribution in [0.15, 0.2) is 47.5 Å². The molecule has 4 rings (SSSR count). The quantitative estimate of drug-likeness (QED) is 0.110. The largest absolute Gasteiger partial charge is 0.449 e. The molecule has 2 aromatic rings. The van der Waals surface area contributed by atoms with Gasteiger partial charge in [0.15, 0.2) is 0 Å². The van der Waals surface area contributed by atoms with Gasteiger partial charge in [0.2, 0.25) is 0 Å². The molecule has 2 aliphatic rings. The number of aryl methyl sites for hydroxylation is 1. The summed E-state index contributed by atoms with van der Waals surface area (Å²) in [7, 11) is 0. The van der Waals surface area contributed by atoms with Crippen LogP contribution in [0.1, 0.15) is 114 Å². The predicted octanol–water partition coefficient (Wildman–Crippen LogP) is 9.74. The van der Waals surface area contributed by atoms with E-state index in [2.05, 4.69) is 66.2 Å². The highest BCUT2D eigenvalue weighted by atomic mass is 32.1. The van der Waals surface area contributed by atoms with Gasteiger partial charge in [-0.05, 0) is 64.2 Å². The lowest BCUT2D eigenvalue weighted by molar-refractivity contribution is -0.150. The number of carbonyl (C=O) groups is 1. The van der Waals surface area contributed by atoms with Crippen LogP contribution in [0.2, 0.25) is 0 Å². The number of rotatable bonds is 17. The van der Waals surface area contributed by atoms with Gasteiger partial charge in [-0.2, -0.15) is 0 Å². The lowest BCUT2D eigenvalue weighted by Gasteiger charge is -2.40. The molecule has 7 heteroatoms. The summed E-state index contributed by atoms with van der Waals surface area (Å²) < 4.78 is 5.70. The third-order valence-corrected chi connectivity index (χ3v) is 9.54. The highest BCUT2D eigenvalue weighted by molar-refractivity contribution is 7.16. The Morgan fingerprint density at radius 3 is 2.44 bits per heavy atom. The van der Waals surface area contributed by atoms with Crippen molar-refractivity contribution in [2.24, 2.45) is 4.99 Å². The second-order valence-corrected chi connectivity index (χ2v) is 13.5. The number of nitrogens with one attached hydrogen (secondary N) is 1. The second-order valence-electron chi connectivity index (χ2n) is 12.3. The molecule has 0 aliphatic carbocycles. The number of esters is 1. The van der Waals surface area contributed by atoms with Crippen molar-refractivity contribution in [1.82, 2.24) is 9.80 Å². The topological polar surface area (TPSA) is 57.2 Å². The third-order valence-electron chi connectivity index (χ3n) is 8.57. The maximum absolute atomic E-state index is 12.4. The van der Waals surface area contributed by atoms with Crippen molar-refractivity contribution < 1.29 is 9.53 Å². The minimum absolute atomic E-state index is 0.0681. The molecule has 1 atom stereocenters. The van der Waals surface area contributed by atoms with E-state index in [1.54, 1.807) is 11.3 Å².